The van der Waals surface area contributed by atoms with E-state index in [1.54, 1.807) is 0 Å². The van der Waals surface area contributed by atoms with Crippen LogP contribution in [0.25, 0.3) is 0 Å². The monoisotopic (exact) mass is 287 g/mol. The minimum Gasteiger partial charge on any atom is -0.310 e. The number of nitrogens with one attached hydrogen (secondary N) is 1. The maximum atomic E-state index is 4.71. The van der Waals surface area contributed by atoms with Gasteiger partial charge in [-0.3, -0.25) is 9.36 Å². The number of hydrogen-bond acceptors (Lipinski definition) is 3. The van der Waals surface area contributed by atoms with E-state index in [4.69, 9.17) is 5.10 Å². The van der Waals surface area contributed by atoms with Gasteiger partial charge in [-0.05, 0) is 18.9 Å². The van der Waals surface area contributed by atoms with E-state index in [9.17, 15) is 0 Å². The topological polar surface area (TPSA) is 47.7 Å². The smallest absolute Gasteiger partial charge is 0.0849 e. The zero-order valence-corrected chi connectivity index (χ0v) is 13.0. The van der Waals surface area contributed by atoms with E-state index in [0.29, 0.717) is 12.1 Å². The van der Waals surface area contributed by atoms with E-state index in [2.05, 4.69) is 47.4 Å². The first-order valence-corrected chi connectivity index (χ1v) is 7.99. The van der Waals surface area contributed by atoms with E-state index in [1.165, 1.54) is 31.2 Å². The highest BCUT2D eigenvalue weighted by Crippen LogP contribution is 2.28. The Morgan fingerprint density at radius 3 is 2.90 bits per heavy atom. The molecule has 0 atom stereocenters. The van der Waals surface area contributed by atoms with Crippen LogP contribution in [0.3, 0.4) is 0 Å². The summed E-state index contributed by atoms with van der Waals surface area (Å²) in [6.07, 6.45) is 11.4. The summed E-state index contributed by atoms with van der Waals surface area (Å²) in [7, 11) is 0. The highest BCUT2D eigenvalue weighted by Gasteiger charge is 2.17. The van der Waals surface area contributed by atoms with E-state index in [0.717, 1.165) is 18.8 Å². The van der Waals surface area contributed by atoms with Gasteiger partial charge in [0.1, 0.15) is 0 Å². The summed E-state index contributed by atoms with van der Waals surface area (Å²) in [5.74, 6) is 0. The summed E-state index contributed by atoms with van der Waals surface area (Å²) in [4.78, 5) is 0. The van der Waals surface area contributed by atoms with Gasteiger partial charge in [0.05, 0.1) is 24.5 Å². The zero-order valence-electron chi connectivity index (χ0n) is 13.0. The average Bonchev–Trinajstić information content (AvgIpc) is 3.18. The fraction of sp³-hybridized carbons (Fsp3) is 0.625. The molecule has 0 unspecified atom stereocenters. The molecular weight excluding hydrogens is 262 g/mol. The maximum absolute atomic E-state index is 4.71. The molecule has 1 N–H and O–H groups in total. The fourth-order valence-electron chi connectivity index (χ4n) is 2.91. The minimum atomic E-state index is 0.496. The lowest BCUT2D eigenvalue weighted by Crippen LogP contribution is -2.21. The standard InChI is InChI=1S/C16H25N5/c1-13(2)17-9-14-10-18-20(11-14)12-15-7-8-21(19-15)16-5-3-4-6-16/h7-8,10-11,13,16-17H,3-6,9,12H2,1-2H3. The summed E-state index contributed by atoms with van der Waals surface area (Å²) in [6, 6.07) is 3.23. The Morgan fingerprint density at radius 2 is 2.14 bits per heavy atom. The van der Waals surface area contributed by atoms with Crippen LogP contribution in [0.15, 0.2) is 24.7 Å². The number of aromatic nitrogens is 4. The highest BCUT2D eigenvalue weighted by atomic mass is 15.3. The molecule has 0 bridgehead atoms. The molecule has 21 heavy (non-hydrogen) atoms. The Morgan fingerprint density at radius 1 is 1.33 bits per heavy atom. The second kappa shape index (κ2) is 6.43. The zero-order chi connectivity index (χ0) is 14.7. The molecule has 5 heteroatoms. The molecule has 5 nitrogen and oxygen atoms in total. The Balaban J connectivity index is 1.58. The molecule has 1 aliphatic carbocycles. The van der Waals surface area contributed by atoms with Crippen molar-refractivity contribution in [3.05, 3.63) is 35.9 Å². The largest absolute Gasteiger partial charge is 0.310 e. The summed E-state index contributed by atoms with van der Waals surface area (Å²) < 4.78 is 4.12. The third-order valence-electron chi connectivity index (χ3n) is 4.09. The van der Waals surface area contributed by atoms with Crippen LogP contribution < -0.4 is 5.32 Å². The van der Waals surface area contributed by atoms with Crippen LogP contribution in [0.1, 0.15) is 56.8 Å². The summed E-state index contributed by atoms with van der Waals surface area (Å²) >= 11 is 0. The molecule has 0 aromatic carbocycles. The molecule has 1 aliphatic rings. The summed E-state index contributed by atoms with van der Waals surface area (Å²) in [5, 5.41) is 12.5. The second-order valence-electron chi connectivity index (χ2n) is 6.31. The van der Waals surface area contributed by atoms with Gasteiger partial charge in [-0.15, -0.1) is 0 Å². The number of nitrogens with zero attached hydrogens (tertiary/aromatic N) is 4. The van der Waals surface area contributed by atoms with Gasteiger partial charge in [0.15, 0.2) is 0 Å². The SMILES string of the molecule is CC(C)NCc1cnn(Cc2ccn(C3CCCC3)n2)c1. The molecule has 2 heterocycles. The van der Waals surface area contributed by atoms with Gasteiger partial charge in [-0.2, -0.15) is 10.2 Å². The van der Waals surface area contributed by atoms with Crippen molar-refractivity contribution in [3.63, 3.8) is 0 Å². The van der Waals surface area contributed by atoms with Gasteiger partial charge in [-0.25, -0.2) is 0 Å². The molecule has 2 aromatic heterocycles. The van der Waals surface area contributed by atoms with Crippen molar-refractivity contribution in [2.24, 2.45) is 0 Å². The van der Waals surface area contributed by atoms with E-state index < -0.39 is 0 Å². The molecular formula is C16H25N5. The Hall–Kier alpha value is -1.62. The van der Waals surface area contributed by atoms with Crippen molar-refractivity contribution >= 4 is 0 Å². The fourth-order valence-corrected chi connectivity index (χ4v) is 2.91. The predicted molar refractivity (Wildman–Crippen MR) is 83.0 cm³/mol. The second-order valence-corrected chi connectivity index (χ2v) is 6.31. The molecule has 0 saturated heterocycles. The Kier molecular flexibility index (Phi) is 4.39. The van der Waals surface area contributed by atoms with Crippen LogP contribution in [0.5, 0.6) is 0 Å². The first kappa shape index (κ1) is 14.3. The quantitative estimate of drug-likeness (QED) is 0.888. The van der Waals surface area contributed by atoms with E-state index in [1.807, 2.05) is 10.9 Å². The first-order valence-electron chi connectivity index (χ1n) is 7.99. The summed E-state index contributed by atoms with van der Waals surface area (Å²) in [6.45, 7) is 5.93. The molecule has 3 rings (SSSR count). The van der Waals surface area contributed by atoms with E-state index >= 15 is 0 Å². The third-order valence-corrected chi connectivity index (χ3v) is 4.09. The normalized spacial score (nSPS) is 16.1. The Labute approximate surface area is 126 Å². The lowest BCUT2D eigenvalue weighted by molar-refractivity contribution is 0.460. The van der Waals surface area contributed by atoms with Crippen LogP contribution >= 0.6 is 0 Å². The van der Waals surface area contributed by atoms with Crippen molar-refractivity contribution in [3.8, 4) is 0 Å². The van der Waals surface area contributed by atoms with Gasteiger partial charge >= 0.3 is 0 Å². The van der Waals surface area contributed by atoms with Crippen LogP contribution in [-0.2, 0) is 13.1 Å². The Bertz CT molecular complexity index is 563. The van der Waals surface area contributed by atoms with Crippen molar-refractivity contribution in [2.75, 3.05) is 0 Å². The predicted octanol–water partition coefficient (Wildman–Crippen LogP) is 2.74. The van der Waals surface area contributed by atoms with Gasteiger partial charge in [-0.1, -0.05) is 26.7 Å². The lowest BCUT2D eigenvalue weighted by atomic mass is 10.3. The maximum Gasteiger partial charge on any atom is 0.0849 e. The van der Waals surface area contributed by atoms with Crippen molar-refractivity contribution < 1.29 is 0 Å². The van der Waals surface area contributed by atoms with Crippen molar-refractivity contribution in [1.82, 2.24) is 24.9 Å². The molecule has 1 fully saturated rings. The number of rotatable bonds is 6. The average molecular weight is 287 g/mol. The molecule has 0 spiro atoms. The van der Waals surface area contributed by atoms with Crippen molar-refractivity contribution in [1.29, 1.82) is 0 Å². The van der Waals surface area contributed by atoms with Crippen molar-refractivity contribution in [2.45, 2.75) is 64.7 Å². The molecule has 0 amide bonds. The summed E-state index contributed by atoms with van der Waals surface area (Å²) in [5.41, 5.74) is 2.31. The van der Waals surface area contributed by atoms with Gasteiger partial charge in [0, 0.05) is 30.5 Å². The van der Waals surface area contributed by atoms with E-state index in [-0.39, 0.29) is 0 Å². The first-order chi connectivity index (χ1) is 10.2. The molecule has 114 valence electrons. The molecule has 1 saturated carbocycles. The van der Waals surface area contributed by atoms with Gasteiger partial charge in [0.25, 0.3) is 0 Å². The van der Waals surface area contributed by atoms with Crippen LogP contribution in [0.4, 0.5) is 0 Å². The van der Waals surface area contributed by atoms with Gasteiger partial charge < -0.3 is 5.32 Å². The molecule has 0 radical (unpaired) electrons. The van der Waals surface area contributed by atoms with Crippen LogP contribution in [0.2, 0.25) is 0 Å². The van der Waals surface area contributed by atoms with Crippen LogP contribution in [-0.4, -0.2) is 25.6 Å². The molecule has 0 aliphatic heterocycles. The van der Waals surface area contributed by atoms with Crippen LogP contribution in [0, 0.1) is 0 Å². The third kappa shape index (κ3) is 3.73. The van der Waals surface area contributed by atoms with Gasteiger partial charge in [0.2, 0.25) is 0 Å². The lowest BCUT2D eigenvalue weighted by Gasteiger charge is -2.08. The molecule has 2 aromatic rings. The number of hydrogen-bond donors (Lipinski definition) is 1. The highest BCUT2D eigenvalue weighted by molar-refractivity contribution is 5.06. The minimum absolute atomic E-state index is 0.496.